The van der Waals surface area contributed by atoms with E-state index in [1.165, 1.54) is 6.08 Å². The third kappa shape index (κ3) is 4.23. The Bertz CT molecular complexity index is 308. The Hall–Kier alpha value is -1.09. The standard InChI is InChI=1S/C11H12BrNO/c12-8-9-13-11(14)7-6-10-4-2-1-3-5-10/h1-7H,8-9H2,(H,13,14). The number of hydrogen-bond donors (Lipinski definition) is 1. The average Bonchev–Trinajstić information content (AvgIpc) is 2.25. The molecule has 1 aromatic carbocycles. The molecule has 2 nitrogen and oxygen atoms in total. The van der Waals surface area contributed by atoms with E-state index in [9.17, 15) is 4.79 Å². The highest BCUT2D eigenvalue weighted by Crippen LogP contribution is 2.00. The number of rotatable bonds is 4. The van der Waals surface area contributed by atoms with E-state index in [2.05, 4.69) is 21.2 Å². The third-order valence-electron chi connectivity index (χ3n) is 1.62. The van der Waals surface area contributed by atoms with Gasteiger partial charge in [0.2, 0.25) is 5.91 Å². The van der Waals surface area contributed by atoms with E-state index < -0.39 is 0 Å². The van der Waals surface area contributed by atoms with Gasteiger partial charge in [-0.2, -0.15) is 0 Å². The van der Waals surface area contributed by atoms with Gasteiger partial charge in [-0.3, -0.25) is 4.79 Å². The van der Waals surface area contributed by atoms with Crippen molar-refractivity contribution < 1.29 is 4.79 Å². The summed E-state index contributed by atoms with van der Waals surface area (Å²) in [6.07, 6.45) is 3.33. The number of nitrogens with one attached hydrogen (secondary N) is 1. The normalized spacial score (nSPS) is 10.4. The zero-order chi connectivity index (χ0) is 10.2. The predicted octanol–water partition coefficient (Wildman–Crippen LogP) is 2.21. The smallest absolute Gasteiger partial charge is 0.244 e. The minimum atomic E-state index is -0.0618. The summed E-state index contributed by atoms with van der Waals surface area (Å²) in [4.78, 5) is 11.2. The summed E-state index contributed by atoms with van der Waals surface area (Å²) in [6, 6.07) is 9.73. The van der Waals surface area contributed by atoms with Gasteiger partial charge in [0.05, 0.1) is 0 Å². The fourth-order valence-corrected chi connectivity index (χ4v) is 1.16. The highest BCUT2D eigenvalue weighted by molar-refractivity contribution is 9.09. The molecule has 0 saturated carbocycles. The average molecular weight is 254 g/mol. The number of carbonyl (C=O) groups excluding carboxylic acids is 1. The quantitative estimate of drug-likeness (QED) is 0.647. The molecule has 1 amide bonds. The Morgan fingerprint density at radius 3 is 2.71 bits per heavy atom. The molecule has 0 bridgehead atoms. The molecule has 0 radical (unpaired) electrons. The van der Waals surface area contributed by atoms with Crippen molar-refractivity contribution in [3.05, 3.63) is 42.0 Å². The molecular weight excluding hydrogens is 242 g/mol. The van der Waals surface area contributed by atoms with Crippen molar-refractivity contribution in [3.63, 3.8) is 0 Å². The van der Waals surface area contributed by atoms with Crippen LogP contribution in [-0.2, 0) is 4.79 Å². The molecule has 0 atom stereocenters. The van der Waals surface area contributed by atoms with Crippen LogP contribution in [0.3, 0.4) is 0 Å². The number of alkyl halides is 1. The molecule has 0 spiro atoms. The van der Waals surface area contributed by atoms with Crippen LogP contribution in [0.5, 0.6) is 0 Å². The zero-order valence-electron chi connectivity index (χ0n) is 7.74. The summed E-state index contributed by atoms with van der Waals surface area (Å²) in [5.41, 5.74) is 1.03. The molecule has 0 fully saturated rings. The van der Waals surface area contributed by atoms with Crippen LogP contribution in [0.1, 0.15) is 5.56 Å². The second-order valence-electron chi connectivity index (χ2n) is 2.72. The fourth-order valence-electron chi connectivity index (χ4n) is 0.965. The number of carbonyl (C=O) groups is 1. The summed E-state index contributed by atoms with van der Waals surface area (Å²) in [5, 5.41) is 3.51. The van der Waals surface area contributed by atoms with Gasteiger partial charge in [-0.05, 0) is 11.6 Å². The molecule has 0 aliphatic rings. The van der Waals surface area contributed by atoms with E-state index in [1.54, 1.807) is 6.08 Å². The maximum absolute atomic E-state index is 11.2. The first kappa shape index (κ1) is 11.0. The summed E-state index contributed by atoms with van der Waals surface area (Å²) >= 11 is 3.24. The van der Waals surface area contributed by atoms with Crippen LogP contribution in [0.4, 0.5) is 0 Å². The zero-order valence-corrected chi connectivity index (χ0v) is 9.33. The van der Waals surface area contributed by atoms with E-state index in [0.717, 1.165) is 10.9 Å². The second kappa shape index (κ2) is 6.38. The van der Waals surface area contributed by atoms with Crippen molar-refractivity contribution in [2.45, 2.75) is 0 Å². The molecule has 3 heteroatoms. The lowest BCUT2D eigenvalue weighted by atomic mass is 10.2. The lowest BCUT2D eigenvalue weighted by molar-refractivity contribution is -0.116. The monoisotopic (exact) mass is 253 g/mol. The molecule has 14 heavy (non-hydrogen) atoms. The Kier molecular flexibility index (Phi) is 5.00. The van der Waals surface area contributed by atoms with Crippen molar-refractivity contribution in [2.75, 3.05) is 11.9 Å². The Labute approximate surface area is 92.1 Å². The van der Waals surface area contributed by atoms with Crippen LogP contribution in [0, 0.1) is 0 Å². The Morgan fingerprint density at radius 2 is 2.07 bits per heavy atom. The van der Waals surface area contributed by atoms with Crippen LogP contribution in [0.2, 0.25) is 0 Å². The summed E-state index contributed by atoms with van der Waals surface area (Å²) in [7, 11) is 0. The van der Waals surface area contributed by atoms with Gasteiger partial charge in [0, 0.05) is 18.0 Å². The molecule has 0 aliphatic carbocycles. The highest BCUT2D eigenvalue weighted by Gasteiger charge is 1.92. The van der Waals surface area contributed by atoms with Gasteiger partial charge >= 0.3 is 0 Å². The van der Waals surface area contributed by atoms with Crippen LogP contribution < -0.4 is 5.32 Å². The summed E-state index contributed by atoms with van der Waals surface area (Å²) in [5.74, 6) is -0.0618. The lowest BCUT2D eigenvalue weighted by Crippen LogP contribution is -2.22. The van der Waals surface area contributed by atoms with Gasteiger partial charge in [-0.25, -0.2) is 0 Å². The van der Waals surface area contributed by atoms with Gasteiger partial charge in [0.1, 0.15) is 0 Å². The van der Waals surface area contributed by atoms with Gasteiger partial charge < -0.3 is 5.32 Å². The molecule has 0 aromatic heterocycles. The molecule has 0 aliphatic heterocycles. The number of benzene rings is 1. The summed E-state index contributed by atoms with van der Waals surface area (Å²) in [6.45, 7) is 0.651. The van der Waals surface area contributed by atoms with E-state index in [4.69, 9.17) is 0 Å². The van der Waals surface area contributed by atoms with E-state index >= 15 is 0 Å². The largest absolute Gasteiger partial charge is 0.352 e. The first-order chi connectivity index (χ1) is 6.83. The van der Waals surface area contributed by atoms with Crippen LogP contribution in [0.25, 0.3) is 6.08 Å². The van der Waals surface area contributed by atoms with Crippen LogP contribution in [0.15, 0.2) is 36.4 Å². The van der Waals surface area contributed by atoms with E-state index in [1.807, 2.05) is 30.3 Å². The topological polar surface area (TPSA) is 29.1 Å². The molecule has 0 unspecified atom stereocenters. The second-order valence-corrected chi connectivity index (χ2v) is 3.52. The number of halogens is 1. The van der Waals surface area contributed by atoms with E-state index in [0.29, 0.717) is 6.54 Å². The van der Waals surface area contributed by atoms with E-state index in [-0.39, 0.29) is 5.91 Å². The predicted molar refractivity (Wildman–Crippen MR) is 62.3 cm³/mol. The van der Waals surface area contributed by atoms with Gasteiger partial charge in [0.15, 0.2) is 0 Å². The van der Waals surface area contributed by atoms with Crippen LogP contribution in [-0.4, -0.2) is 17.8 Å². The number of hydrogen-bond acceptors (Lipinski definition) is 1. The molecule has 1 rings (SSSR count). The number of amides is 1. The first-order valence-corrected chi connectivity index (χ1v) is 5.52. The maximum Gasteiger partial charge on any atom is 0.244 e. The maximum atomic E-state index is 11.2. The lowest BCUT2D eigenvalue weighted by Gasteiger charge is -1.96. The molecule has 1 N–H and O–H groups in total. The van der Waals surface area contributed by atoms with Crippen LogP contribution >= 0.6 is 15.9 Å². The minimum Gasteiger partial charge on any atom is -0.352 e. The van der Waals surface area contributed by atoms with Crippen molar-refractivity contribution in [2.24, 2.45) is 0 Å². The van der Waals surface area contributed by atoms with Crippen molar-refractivity contribution >= 4 is 27.9 Å². The van der Waals surface area contributed by atoms with Gasteiger partial charge in [0.25, 0.3) is 0 Å². The van der Waals surface area contributed by atoms with Crippen molar-refractivity contribution in [1.82, 2.24) is 5.32 Å². The molecule has 0 saturated heterocycles. The Morgan fingerprint density at radius 1 is 1.36 bits per heavy atom. The molecule has 0 heterocycles. The molecular formula is C11H12BrNO. The molecule has 74 valence electrons. The SMILES string of the molecule is O=C(C=Cc1ccccc1)NCCBr. The summed E-state index contributed by atoms with van der Waals surface area (Å²) < 4.78 is 0. The minimum absolute atomic E-state index is 0.0618. The first-order valence-electron chi connectivity index (χ1n) is 4.40. The van der Waals surface area contributed by atoms with Gasteiger partial charge in [-0.1, -0.05) is 46.3 Å². The molecule has 1 aromatic rings. The third-order valence-corrected chi connectivity index (χ3v) is 2.02. The van der Waals surface area contributed by atoms with Gasteiger partial charge in [-0.15, -0.1) is 0 Å². The van der Waals surface area contributed by atoms with Crippen molar-refractivity contribution in [1.29, 1.82) is 0 Å². The highest BCUT2D eigenvalue weighted by atomic mass is 79.9. The van der Waals surface area contributed by atoms with Crippen molar-refractivity contribution in [3.8, 4) is 0 Å². The Balaban J connectivity index is 2.44. The fraction of sp³-hybridized carbons (Fsp3) is 0.182.